The van der Waals surface area contributed by atoms with Crippen LogP contribution in [0.5, 0.6) is 0 Å². The third-order valence-electron chi connectivity index (χ3n) is 4.44. The van der Waals surface area contributed by atoms with Crippen LogP contribution in [0.2, 0.25) is 0 Å². The summed E-state index contributed by atoms with van der Waals surface area (Å²) in [6.07, 6.45) is 2.82. The van der Waals surface area contributed by atoms with Gasteiger partial charge in [0.1, 0.15) is 5.82 Å². The lowest BCUT2D eigenvalue weighted by Crippen LogP contribution is -2.47. The summed E-state index contributed by atoms with van der Waals surface area (Å²) in [5.41, 5.74) is 2.87. The predicted octanol–water partition coefficient (Wildman–Crippen LogP) is 1.97. The van der Waals surface area contributed by atoms with Crippen molar-refractivity contribution in [1.82, 2.24) is 19.8 Å². The molecule has 24 heavy (non-hydrogen) atoms. The van der Waals surface area contributed by atoms with Crippen LogP contribution in [-0.2, 0) is 13.0 Å². The van der Waals surface area contributed by atoms with E-state index in [9.17, 15) is 4.79 Å². The standard InChI is InChI=1S/C18H25N5O/c1-3-15-12-20-17(21-15)13-19-16-6-4-14(5-7-16)18(24)23-10-8-22(2)9-11-23/h4-7,12,19H,3,8-11,13H2,1-2H3,(H,20,21). The summed E-state index contributed by atoms with van der Waals surface area (Å²) in [5, 5.41) is 3.32. The number of carbonyl (C=O) groups is 1. The van der Waals surface area contributed by atoms with Crippen molar-refractivity contribution in [3.05, 3.63) is 47.5 Å². The van der Waals surface area contributed by atoms with Crippen LogP contribution < -0.4 is 5.32 Å². The number of hydrogen-bond donors (Lipinski definition) is 2. The molecule has 0 saturated carbocycles. The number of benzene rings is 1. The van der Waals surface area contributed by atoms with Gasteiger partial charge in [-0.3, -0.25) is 4.79 Å². The monoisotopic (exact) mass is 327 g/mol. The van der Waals surface area contributed by atoms with E-state index in [0.29, 0.717) is 6.54 Å². The van der Waals surface area contributed by atoms with E-state index >= 15 is 0 Å². The van der Waals surface area contributed by atoms with Crippen molar-refractivity contribution in [3.63, 3.8) is 0 Å². The fourth-order valence-electron chi connectivity index (χ4n) is 2.78. The Morgan fingerprint density at radius 1 is 1.21 bits per heavy atom. The van der Waals surface area contributed by atoms with Crippen molar-refractivity contribution in [2.24, 2.45) is 0 Å². The summed E-state index contributed by atoms with van der Waals surface area (Å²) in [6, 6.07) is 7.69. The molecular weight excluding hydrogens is 302 g/mol. The van der Waals surface area contributed by atoms with E-state index in [-0.39, 0.29) is 5.91 Å². The Morgan fingerprint density at radius 2 is 1.92 bits per heavy atom. The molecule has 2 N–H and O–H groups in total. The summed E-state index contributed by atoms with van der Waals surface area (Å²) < 4.78 is 0. The van der Waals surface area contributed by atoms with Crippen molar-refractivity contribution in [3.8, 4) is 0 Å². The smallest absolute Gasteiger partial charge is 0.253 e. The molecule has 0 spiro atoms. The molecule has 1 aliphatic heterocycles. The number of aromatic nitrogens is 2. The van der Waals surface area contributed by atoms with Gasteiger partial charge in [0.05, 0.1) is 6.54 Å². The Balaban J connectivity index is 1.55. The maximum atomic E-state index is 12.5. The number of imidazole rings is 1. The molecule has 1 aromatic heterocycles. The molecular formula is C18H25N5O. The Labute approximate surface area is 142 Å². The van der Waals surface area contributed by atoms with Gasteiger partial charge in [-0.15, -0.1) is 0 Å². The number of H-pyrrole nitrogens is 1. The first-order chi connectivity index (χ1) is 11.7. The zero-order chi connectivity index (χ0) is 16.9. The maximum Gasteiger partial charge on any atom is 0.253 e. The minimum atomic E-state index is 0.119. The fraction of sp³-hybridized carbons (Fsp3) is 0.444. The van der Waals surface area contributed by atoms with Gasteiger partial charge < -0.3 is 20.1 Å². The van der Waals surface area contributed by atoms with E-state index in [1.165, 1.54) is 0 Å². The van der Waals surface area contributed by atoms with Gasteiger partial charge in [-0.25, -0.2) is 4.98 Å². The molecule has 0 radical (unpaired) electrons. The number of rotatable bonds is 5. The van der Waals surface area contributed by atoms with E-state index in [4.69, 9.17) is 0 Å². The maximum absolute atomic E-state index is 12.5. The highest BCUT2D eigenvalue weighted by Gasteiger charge is 2.20. The van der Waals surface area contributed by atoms with Gasteiger partial charge in [-0.1, -0.05) is 6.92 Å². The highest BCUT2D eigenvalue weighted by Crippen LogP contribution is 2.13. The lowest BCUT2D eigenvalue weighted by atomic mass is 10.1. The van der Waals surface area contributed by atoms with Crippen LogP contribution in [-0.4, -0.2) is 58.9 Å². The number of anilines is 1. The zero-order valence-electron chi connectivity index (χ0n) is 14.4. The van der Waals surface area contributed by atoms with Crippen molar-refractivity contribution in [2.75, 3.05) is 38.5 Å². The molecule has 0 aliphatic carbocycles. The zero-order valence-corrected chi connectivity index (χ0v) is 14.4. The van der Waals surface area contributed by atoms with Gasteiger partial charge in [0.15, 0.2) is 0 Å². The third kappa shape index (κ3) is 3.94. The molecule has 1 aromatic carbocycles. The molecule has 1 saturated heterocycles. The number of carbonyl (C=O) groups excluding carboxylic acids is 1. The van der Waals surface area contributed by atoms with E-state index < -0.39 is 0 Å². The normalized spacial score (nSPS) is 15.5. The number of piperazine rings is 1. The van der Waals surface area contributed by atoms with Crippen LogP contribution in [0.1, 0.15) is 28.8 Å². The number of hydrogen-bond acceptors (Lipinski definition) is 4. The largest absolute Gasteiger partial charge is 0.378 e. The van der Waals surface area contributed by atoms with Crippen LogP contribution in [0, 0.1) is 0 Å². The van der Waals surface area contributed by atoms with Gasteiger partial charge in [-0.2, -0.15) is 0 Å². The van der Waals surface area contributed by atoms with E-state index in [2.05, 4.69) is 34.2 Å². The van der Waals surface area contributed by atoms with Gasteiger partial charge in [0, 0.05) is 49.3 Å². The molecule has 3 rings (SSSR count). The molecule has 128 valence electrons. The Bertz CT molecular complexity index is 671. The second-order valence-corrected chi connectivity index (χ2v) is 6.24. The van der Waals surface area contributed by atoms with Crippen LogP contribution >= 0.6 is 0 Å². The van der Waals surface area contributed by atoms with E-state index in [1.54, 1.807) is 0 Å². The molecule has 2 aromatic rings. The number of nitrogens with one attached hydrogen (secondary N) is 2. The van der Waals surface area contributed by atoms with Crippen molar-refractivity contribution < 1.29 is 4.79 Å². The Hall–Kier alpha value is -2.34. The van der Waals surface area contributed by atoms with Crippen molar-refractivity contribution >= 4 is 11.6 Å². The molecule has 1 fully saturated rings. The number of nitrogens with zero attached hydrogens (tertiary/aromatic N) is 3. The fourth-order valence-corrected chi connectivity index (χ4v) is 2.78. The topological polar surface area (TPSA) is 64.3 Å². The van der Waals surface area contributed by atoms with Gasteiger partial charge in [0.25, 0.3) is 5.91 Å². The molecule has 1 aliphatic rings. The molecule has 0 bridgehead atoms. The van der Waals surface area contributed by atoms with Crippen molar-refractivity contribution in [2.45, 2.75) is 19.9 Å². The number of amides is 1. The minimum Gasteiger partial charge on any atom is -0.378 e. The van der Waals surface area contributed by atoms with Gasteiger partial charge >= 0.3 is 0 Å². The third-order valence-corrected chi connectivity index (χ3v) is 4.44. The summed E-state index contributed by atoms with van der Waals surface area (Å²) in [5.74, 6) is 1.04. The molecule has 6 nitrogen and oxygen atoms in total. The molecule has 1 amide bonds. The molecule has 2 heterocycles. The Kier molecular flexibility index (Phi) is 5.15. The predicted molar refractivity (Wildman–Crippen MR) is 95.1 cm³/mol. The summed E-state index contributed by atoms with van der Waals surface area (Å²) in [6.45, 7) is 6.22. The van der Waals surface area contributed by atoms with Crippen molar-refractivity contribution in [1.29, 1.82) is 0 Å². The highest BCUT2D eigenvalue weighted by molar-refractivity contribution is 5.94. The highest BCUT2D eigenvalue weighted by atomic mass is 16.2. The Morgan fingerprint density at radius 3 is 2.54 bits per heavy atom. The number of likely N-dealkylation sites (N-methyl/N-ethyl adjacent to an activating group) is 1. The second-order valence-electron chi connectivity index (χ2n) is 6.24. The molecule has 0 unspecified atom stereocenters. The SMILES string of the molecule is CCc1cnc(CNc2ccc(C(=O)N3CCN(C)CC3)cc2)[nH]1. The first-order valence-electron chi connectivity index (χ1n) is 8.50. The lowest BCUT2D eigenvalue weighted by Gasteiger charge is -2.32. The summed E-state index contributed by atoms with van der Waals surface area (Å²) in [7, 11) is 2.09. The summed E-state index contributed by atoms with van der Waals surface area (Å²) >= 11 is 0. The average molecular weight is 327 g/mol. The molecule has 6 heteroatoms. The van der Waals surface area contributed by atoms with E-state index in [1.807, 2.05) is 35.4 Å². The molecule has 0 atom stereocenters. The van der Waals surface area contributed by atoms with E-state index in [0.717, 1.165) is 55.4 Å². The van der Waals surface area contributed by atoms with Crippen LogP contribution in [0.25, 0.3) is 0 Å². The van der Waals surface area contributed by atoms with Crippen LogP contribution in [0.3, 0.4) is 0 Å². The average Bonchev–Trinajstić information content (AvgIpc) is 3.09. The summed E-state index contributed by atoms with van der Waals surface area (Å²) in [4.78, 5) is 24.3. The van der Waals surface area contributed by atoms with Crippen LogP contribution in [0.15, 0.2) is 30.5 Å². The quantitative estimate of drug-likeness (QED) is 0.881. The lowest BCUT2D eigenvalue weighted by molar-refractivity contribution is 0.0664. The number of aryl methyl sites for hydroxylation is 1. The first-order valence-corrected chi connectivity index (χ1v) is 8.50. The van der Waals surface area contributed by atoms with Crippen LogP contribution in [0.4, 0.5) is 5.69 Å². The number of aromatic amines is 1. The van der Waals surface area contributed by atoms with Gasteiger partial charge in [0.2, 0.25) is 0 Å². The van der Waals surface area contributed by atoms with Gasteiger partial charge in [-0.05, 0) is 37.7 Å². The minimum absolute atomic E-state index is 0.119. The first kappa shape index (κ1) is 16.5. The second kappa shape index (κ2) is 7.49.